The number of hydrogen-bond donors (Lipinski definition) is 1. The summed E-state index contributed by atoms with van der Waals surface area (Å²) in [7, 11) is 0. The summed E-state index contributed by atoms with van der Waals surface area (Å²) in [5.41, 5.74) is 1.63. The summed E-state index contributed by atoms with van der Waals surface area (Å²) in [6.07, 6.45) is 3.94. The van der Waals surface area contributed by atoms with Gasteiger partial charge in [-0.3, -0.25) is 4.68 Å². The predicted octanol–water partition coefficient (Wildman–Crippen LogP) is 3.06. The zero-order valence-electron chi connectivity index (χ0n) is 11.4. The average Bonchev–Trinajstić information content (AvgIpc) is 2.84. The van der Waals surface area contributed by atoms with Gasteiger partial charge in [-0.25, -0.2) is 8.78 Å². The van der Waals surface area contributed by atoms with Gasteiger partial charge < -0.3 is 5.32 Å². The predicted molar refractivity (Wildman–Crippen MR) is 73.5 cm³/mol. The molecule has 0 radical (unpaired) electrons. The maximum atomic E-state index is 13.9. The first-order valence-corrected chi connectivity index (χ1v) is 6.87. The molecule has 0 unspecified atom stereocenters. The Morgan fingerprint density at radius 1 is 1.25 bits per heavy atom. The number of piperidine rings is 1. The smallest absolute Gasteiger partial charge is 0.132 e. The van der Waals surface area contributed by atoms with Crippen LogP contribution in [0.3, 0.4) is 0 Å². The molecule has 0 bridgehead atoms. The average molecular weight is 277 g/mol. The summed E-state index contributed by atoms with van der Waals surface area (Å²) in [6.45, 7) is 3.81. The van der Waals surface area contributed by atoms with Gasteiger partial charge in [-0.15, -0.1) is 0 Å². The highest BCUT2D eigenvalue weighted by Crippen LogP contribution is 2.28. The van der Waals surface area contributed by atoms with E-state index < -0.39 is 11.6 Å². The molecule has 0 saturated carbocycles. The Labute approximate surface area is 116 Å². The lowest BCUT2D eigenvalue weighted by Gasteiger charge is -2.22. The topological polar surface area (TPSA) is 29.9 Å². The van der Waals surface area contributed by atoms with Crippen LogP contribution in [0.25, 0.3) is 11.3 Å². The Kier molecular flexibility index (Phi) is 3.53. The molecule has 2 aromatic rings. The van der Waals surface area contributed by atoms with Crippen molar-refractivity contribution in [2.75, 3.05) is 13.1 Å². The third-order valence-corrected chi connectivity index (χ3v) is 3.78. The minimum atomic E-state index is -0.447. The second-order valence-electron chi connectivity index (χ2n) is 5.25. The van der Waals surface area contributed by atoms with E-state index in [1.54, 1.807) is 0 Å². The Hall–Kier alpha value is -1.75. The highest BCUT2D eigenvalue weighted by molar-refractivity contribution is 5.63. The molecular formula is C15H17F2N3. The van der Waals surface area contributed by atoms with Crippen LogP contribution in [-0.4, -0.2) is 22.9 Å². The van der Waals surface area contributed by atoms with Crippen molar-refractivity contribution >= 4 is 0 Å². The molecule has 0 atom stereocenters. The van der Waals surface area contributed by atoms with Crippen LogP contribution in [0.1, 0.15) is 24.4 Å². The number of nitrogens with zero attached hydrogens (tertiary/aromatic N) is 2. The highest BCUT2D eigenvalue weighted by atomic mass is 19.1. The number of aryl methyl sites for hydroxylation is 1. The monoisotopic (exact) mass is 277 g/mol. The van der Waals surface area contributed by atoms with E-state index in [1.807, 2.05) is 17.8 Å². The third kappa shape index (κ3) is 2.45. The lowest BCUT2D eigenvalue weighted by molar-refractivity contribution is 0.343. The van der Waals surface area contributed by atoms with Crippen LogP contribution in [0.2, 0.25) is 0 Å². The van der Waals surface area contributed by atoms with E-state index in [0.29, 0.717) is 11.7 Å². The van der Waals surface area contributed by atoms with Crippen molar-refractivity contribution in [2.24, 2.45) is 0 Å². The fraction of sp³-hybridized carbons (Fsp3) is 0.400. The number of aromatic nitrogens is 2. The molecule has 1 aliphatic heterocycles. The molecule has 3 nitrogen and oxygen atoms in total. The molecule has 0 amide bonds. The molecule has 2 heterocycles. The van der Waals surface area contributed by atoms with Crippen LogP contribution in [0.5, 0.6) is 0 Å². The maximum Gasteiger partial charge on any atom is 0.132 e. The molecule has 3 rings (SSSR count). The van der Waals surface area contributed by atoms with Crippen LogP contribution in [0.4, 0.5) is 8.78 Å². The quantitative estimate of drug-likeness (QED) is 0.914. The van der Waals surface area contributed by atoms with Gasteiger partial charge in [0.1, 0.15) is 11.6 Å². The van der Waals surface area contributed by atoms with Crippen LogP contribution in [-0.2, 0) is 0 Å². The first kappa shape index (κ1) is 13.2. The Morgan fingerprint density at radius 3 is 2.75 bits per heavy atom. The van der Waals surface area contributed by atoms with E-state index >= 15 is 0 Å². The molecule has 106 valence electrons. The molecule has 1 aromatic carbocycles. The minimum Gasteiger partial charge on any atom is -0.317 e. The van der Waals surface area contributed by atoms with Gasteiger partial charge in [0.05, 0.1) is 11.7 Å². The molecule has 0 aliphatic carbocycles. The molecular weight excluding hydrogens is 260 g/mol. The van der Waals surface area contributed by atoms with E-state index in [-0.39, 0.29) is 5.56 Å². The molecule has 1 saturated heterocycles. The normalized spacial score (nSPS) is 16.6. The van der Waals surface area contributed by atoms with Gasteiger partial charge in [0.25, 0.3) is 0 Å². The summed E-state index contributed by atoms with van der Waals surface area (Å²) < 4.78 is 29.1. The van der Waals surface area contributed by atoms with Crippen molar-refractivity contribution in [3.8, 4) is 11.3 Å². The summed E-state index contributed by atoms with van der Waals surface area (Å²) >= 11 is 0. The van der Waals surface area contributed by atoms with E-state index in [9.17, 15) is 8.78 Å². The van der Waals surface area contributed by atoms with Gasteiger partial charge in [-0.2, -0.15) is 5.10 Å². The zero-order valence-corrected chi connectivity index (χ0v) is 11.4. The summed E-state index contributed by atoms with van der Waals surface area (Å²) in [4.78, 5) is 0. The SMILES string of the molecule is Cc1cn(C2CCNCC2)nc1-c1cc(F)ccc1F. The van der Waals surface area contributed by atoms with Crippen molar-refractivity contribution in [3.05, 3.63) is 41.6 Å². The third-order valence-electron chi connectivity index (χ3n) is 3.78. The van der Waals surface area contributed by atoms with Gasteiger partial charge in [-0.05, 0) is 56.6 Å². The van der Waals surface area contributed by atoms with Gasteiger partial charge in [0.2, 0.25) is 0 Å². The number of rotatable bonds is 2. The second kappa shape index (κ2) is 5.32. The minimum absolute atomic E-state index is 0.232. The van der Waals surface area contributed by atoms with Crippen molar-refractivity contribution in [2.45, 2.75) is 25.8 Å². The van der Waals surface area contributed by atoms with E-state index in [1.165, 1.54) is 6.07 Å². The molecule has 0 spiro atoms. The van der Waals surface area contributed by atoms with Gasteiger partial charge in [0, 0.05) is 11.8 Å². The largest absolute Gasteiger partial charge is 0.317 e. The summed E-state index contributed by atoms with van der Waals surface area (Å²) in [5.74, 6) is -0.887. The number of nitrogens with one attached hydrogen (secondary N) is 1. The number of hydrogen-bond acceptors (Lipinski definition) is 2. The summed E-state index contributed by atoms with van der Waals surface area (Å²) in [5, 5.41) is 7.79. The van der Waals surface area contributed by atoms with E-state index in [2.05, 4.69) is 10.4 Å². The fourth-order valence-electron chi connectivity index (χ4n) is 2.69. The fourth-order valence-corrected chi connectivity index (χ4v) is 2.69. The van der Waals surface area contributed by atoms with E-state index in [0.717, 1.165) is 43.6 Å². The van der Waals surface area contributed by atoms with Crippen molar-refractivity contribution in [1.82, 2.24) is 15.1 Å². The van der Waals surface area contributed by atoms with Crippen LogP contribution < -0.4 is 5.32 Å². The Morgan fingerprint density at radius 2 is 2.00 bits per heavy atom. The molecule has 20 heavy (non-hydrogen) atoms. The highest BCUT2D eigenvalue weighted by Gasteiger charge is 2.19. The Balaban J connectivity index is 1.98. The number of benzene rings is 1. The molecule has 1 aromatic heterocycles. The lowest BCUT2D eigenvalue weighted by atomic mass is 10.1. The van der Waals surface area contributed by atoms with Crippen LogP contribution >= 0.6 is 0 Å². The van der Waals surface area contributed by atoms with E-state index in [4.69, 9.17) is 0 Å². The molecule has 1 aliphatic rings. The van der Waals surface area contributed by atoms with Crippen LogP contribution in [0, 0.1) is 18.6 Å². The summed E-state index contributed by atoms with van der Waals surface area (Å²) in [6, 6.07) is 3.81. The zero-order chi connectivity index (χ0) is 14.1. The molecule has 1 fully saturated rings. The standard InChI is InChI=1S/C15H17F2N3/c1-10-9-20(12-4-6-18-7-5-12)19-15(10)13-8-11(16)2-3-14(13)17/h2-3,8-9,12,18H,4-7H2,1H3. The first-order chi connectivity index (χ1) is 9.65. The van der Waals surface area contributed by atoms with Gasteiger partial charge in [-0.1, -0.05) is 0 Å². The van der Waals surface area contributed by atoms with Gasteiger partial charge >= 0.3 is 0 Å². The molecule has 1 N–H and O–H groups in total. The van der Waals surface area contributed by atoms with Crippen LogP contribution in [0.15, 0.2) is 24.4 Å². The van der Waals surface area contributed by atoms with Gasteiger partial charge in [0.15, 0.2) is 0 Å². The van der Waals surface area contributed by atoms with Crippen molar-refractivity contribution in [3.63, 3.8) is 0 Å². The maximum absolute atomic E-state index is 13.9. The lowest BCUT2D eigenvalue weighted by Crippen LogP contribution is -2.29. The molecule has 5 heteroatoms. The Bertz CT molecular complexity index is 616. The number of halogens is 2. The van der Waals surface area contributed by atoms with Crippen molar-refractivity contribution < 1.29 is 8.78 Å². The first-order valence-electron chi connectivity index (χ1n) is 6.87. The van der Waals surface area contributed by atoms with Crippen molar-refractivity contribution in [1.29, 1.82) is 0 Å². The second-order valence-corrected chi connectivity index (χ2v) is 5.25.